The number of ether oxygens (including phenoxy) is 1. The lowest BCUT2D eigenvalue weighted by Crippen LogP contribution is -2.21. The van der Waals surface area contributed by atoms with Gasteiger partial charge >= 0.3 is 0 Å². The molecule has 1 aliphatic rings. The van der Waals surface area contributed by atoms with E-state index in [1.54, 1.807) is 0 Å². The summed E-state index contributed by atoms with van der Waals surface area (Å²) in [7, 11) is 0. The maximum atomic E-state index is 5.87. The first kappa shape index (κ1) is 15.0. The number of nitrogens with one attached hydrogen (secondary N) is 1. The molecule has 1 aliphatic carbocycles. The number of hydrogen-bond donors (Lipinski definition) is 2. The predicted octanol–water partition coefficient (Wildman–Crippen LogP) is 2.94. The van der Waals surface area contributed by atoms with Crippen LogP contribution in [-0.4, -0.2) is 16.6 Å². The number of nitrogens with two attached hydrogens (primary N) is 1. The summed E-state index contributed by atoms with van der Waals surface area (Å²) >= 11 is 0. The average molecular weight is 278 g/mol. The number of anilines is 1. The molecule has 0 unspecified atom stereocenters. The van der Waals surface area contributed by atoms with Crippen molar-refractivity contribution < 1.29 is 4.74 Å². The molecule has 0 spiro atoms. The van der Waals surface area contributed by atoms with Crippen LogP contribution in [-0.2, 0) is 5.41 Å². The summed E-state index contributed by atoms with van der Waals surface area (Å²) in [5, 5.41) is 0. The number of nitrogen functional groups attached to an aromatic ring is 1. The van der Waals surface area contributed by atoms with Crippen LogP contribution in [0.15, 0.2) is 0 Å². The van der Waals surface area contributed by atoms with E-state index in [1.807, 2.05) is 6.92 Å². The molecule has 3 N–H and O–H groups in total. The normalized spacial score (nSPS) is 15.8. The van der Waals surface area contributed by atoms with Crippen LogP contribution in [0.25, 0.3) is 0 Å². The Morgan fingerprint density at radius 2 is 2.00 bits per heavy atom. The van der Waals surface area contributed by atoms with E-state index in [0.717, 1.165) is 30.3 Å². The quantitative estimate of drug-likeness (QED) is 0.640. The topological polar surface area (TPSA) is 73.1 Å². The van der Waals surface area contributed by atoms with E-state index in [1.165, 1.54) is 19.3 Å². The van der Waals surface area contributed by atoms with Crippen LogP contribution in [0.2, 0.25) is 0 Å². The molecule has 0 saturated heterocycles. The fraction of sp³-hybridized carbons (Fsp3) is 0.733. The Bertz CT molecular complexity index is 464. The van der Waals surface area contributed by atoms with Crippen molar-refractivity contribution in [2.75, 3.05) is 12.0 Å². The van der Waals surface area contributed by atoms with Gasteiger partial charge in [0, 0.05) is 5.41 Å². The first-order valence-corrected chi connectivity index (χ1v) is 7.40. The largest absolute Gasteiger partial charge is 0.477 e. The van der Waals surface area contributed by atoms with Crippen LogP contribution in [0.5, 0.6) is 5.88 Å². The van der Waals surface area contributed by atoms with E-state index in [4.69, 9.17) is 10.6 Å². The van der Waals surface area contributed by atoms with Gasteiger partial charge in [-0.1, -0.05) is 40.0 Å². The van der Waals surface area contributed by atoms with Crippen molar-refractivity contribution >= 4 is 5.82 Å². The van der Waals surface area contributed by atoms with Gasteiger partial charge in [0.05, 0.1) is 12.2 Å². The van der Waals surface area contributed by atoms with E-state index in [9.17, 15) is 0 Å². The van der Waals surface area contributed by atoms with E-state index < -0.39 is 0 Å². The number of aromatic nitrogens is 2. The SMILES string of the molecule is Cc1c(NN)nc(C(C)(C)C)nc1OCCC1CCC1. The zero-order valence-electron chi connectivity index (χ0n) is 13.0. The lowest BCUT2D eigenvalue weighted by molar-refractivity contribution is 0.215. The fourth-order valence-corrected chi connectivity index (χ4v) is 2.22. The van der Waals surface area contributed by atoms with Crippen LogP contribution in [0.1, 0.15) is 57.8 Å². The van der Waals surface area contributed by atoms with Gasteiger partial charge < -0.3 is 10.2 Å². The fourth-order valence-electron chi connectivity index (χ4n) is 2.22. The standard InChI is InChI=1S/C15H26N4O/c1-10-12(19-16)17-14(15(2,3)4)18-13(10)20-9-8-11-6-5-7-11/h11H,5-9,16H2,1-4H3,(H,17,18,19). The predicted molar refractivity (Wildman–Crippen MR) is 80.7 cm³/mol. The summed E-state index contributed by atoms with van der Waals surface area (Å²) < 4.78 is 5.87. The van der Waals surface area contributed by atoms with Gasteiger partial charge in [-0.3, -0.25) is 0 Å². The van der Waals surface area contributed by atoms with Gasteiger partial charge in [0.15, 0.2) is 5.82 Å². The molecule has 1 aromatic heterocycles. The lowest BCUT2D eigenvalue weighted by Gasteiger charge is -2.25. The molecule has 0 bridgehead atoms. The third kappa shape index (κ3) is 3.39. The van der Waals surface area contributed by atoms with Crippen molar-refractivity contribution in [3.05, 3.63) is 11.4 Å². The van der Waals surface area contributed by atoms with E-state index in [2.05, 4.69) is 36.2 Å². The smallest absolute Gasteiger partial charge is 0.221 e. The van der Waals surface area contributed by atoms with Crippen molar-refractivity contribution in [3.8, 4) is 5.88 Å². The molecular formula is C15H26N4O. The first-order valence-electron chi connectivity index (χ1n) is 7.40. The zero-order valence-corrected chi connectivity index (χ0v) is 13.0. The van der Waals surface area contributed by atoms with E-state index >= 15 is 0 Å². The molecule has 2 rings (SSSR count). The summed E-state index contributed by atoms with van der Waals surface area (Å²) in [6, 6.07) is 0. The second-order valence-electron chi connectivity index (χ2n) is 6.65. The Kier molecular flexibility index (Phi) is 4.48. The highest BCUT2D eigenvalue weighted by atomic mass is 16.5. The van der Waals surface area contributed by atoms with E-state index in [-0.39, 0.29) is 5.41 Å². The maximum absolute atomic E-state index is 5.87. The minimum atomic E-state index is -0.134. The molecule has 1 saturated carbocycles. The minimum absolute atomic E-state index is 0.134. The Labute approximate surface area is 121 Å². The number of rotatable bonds is 5. The maximum Gasteiger partial charge on any atom is 0.221 e. The molecule has 112 valence electrons. The van der Waals surface area contributed by atoms with Crippen molar-refractivity contribution in [3.63, 3.8) is 0 Å². The van der Waals surface area contributed by atoms with Gasteiger partial charge in [-0.25, -0.2) is 10.8 Å². The van der Waals surface area contributed by atoms with Crippen LogP contribution in [0.3, 0.4) is 0 Å². The van der Waals surface area contributed by atoms with Gasteiger partial charge in [-0.2, -0.15) is 4.98 Å². The molecule has 5 nitrogen and oxygen atoms in total. The summed E-state index contributed by atoms with van der Waals surface area (Å²) in [6.45, 7) is 8.89. The Morgan fingerprint density at radius 3 is 2.50 bits per heavy atom. The van der Waals surface area contributed by atoms with Crippen molar-refractivity contribution in [1.29, 1.82) is 0 Å². The Balaban J connectivity index is 2.12. The van der Waals surface area contributed by atoms with Crippen molar-refractivity contribution in [1.82, 2.24) is 9.97 Å². The highest BCUT2D eigenvalue weighted by molar-refractivity contribution is 5.48. The van der Waals surface area contributed by atoms with Gasteiger partial charge in [0.2, 0.25) is 5.88 Å². The molecule has 0 aliphatic heterocycles. The number of hydrogen-bond acceptors (Lipinski definition) is 5. The number of hydrazine groups is 1. The molecule has 1 fully saturated rings. The molecule has 20 heavy (non-hydrogen) atoms. The summed E-state index contributed by atoms with van der Waals surface area (Å²) in [6.07, 6.45) is 5.16. The summed E-state index contributed by atoms with van der Waals surface area (Å²) in [4.78, 5) is 9.03. The van der Waals surface area contributed by atoms with Crippen LogP contribution in [0, 0.1) is 12.8 Å². The Morgan fingerprint density at radius 1 is 1.30 bits per heavy atom. The second-order valence-corrected chi connectivity index (χ2v) is 6.65. The lowest BCUT2D eigenvalue weighted by atomic mass is 9.83. The van der Waals surface area contributed by atoms with Crippen molar-refractivity contribution in [2.24, 2.45) is 11.8 Å². The van der Waals surface area contributed by atoms with Crippen molar-refractivity contribution in [2.45, 2.75) is 58.8 Å². The molecule has 0 amide bonds. The molecule has 1 aromatic rings. The molecular weight excluding hydrogens is 252 g/mol. The monoisotopic (exact) mass is 278 g/mol. The van der Waals surface area contributed by atoms with Gasteiger partial charge in [0.25, 0.3) is 0 Å². The average Bonchev–Trinajstić information content (AvgIpc) is 2.32. The van der Waals surface area contributed by atoms with Gasteiger partial charge in [-0.05, 0) is 19.3 Å². The molecule has 1 heterocycles. The van der Waals surface area contributed by atoms with Crippen LogP contribution in [0.4, 0.5) is 5.82 Å². The molecule has 0 atom stereocenters. The molecule has 5 heteroatoms. The summed E-state index contributed by atoms with van der Waals surface area (Å²) in [5.41, 5.74) is 3.37. The second kappa shape index (κ2) is 5.95. The minimum Gasteiger partial charge on any atom is -0.477 e. The number of nitrogens with zero attached hydrogens (tertiary/aromatic N) is 2. The highest BCUT2D eigenvalue weighted by Gasteiger charge is 2.22. The third-order valence-corrected chi connectivity index (χ3v) is 3.90. The van der Waals surface area contributed by atoms with Gasteiger partial charge in [0.1, 0.15) is 5.82 Å². The first-order chi connectivity index (χ1) is 9.41. The Hall–Kier alpha value is -1.36. The highest BCUT2D eigenvalue weighted by Crippen LogP contribution is 2.30. The zero-order chi connectivity index (χ0) is 14.8. The molecule has 0 aromatic carbocycles. The van der Waals surface area contributed by atoms with Crippen LogP contribution >= 0.6 is 0 Å². The van der Waals surface area contributed by atoms with Crippen LogP contribution < -0.4 is 16.0 Å². The summed E-state index contributed by atoms with van der Waals surface area (Å²) in [5.74, 6) is 8.42. The third-order valence-electron chi connectivity index (χ3n) is 3.90. The molecule has 0 radical (unpaired) electrons. The van der Waals surface area contributed by atoms with E-state index in [0.29, 0.717) is 11.7 Å². The van der Waals surface area contributed by atoms with Gasteiger partial charge in [-0.15, -0.1) is 0 Å².